The Bertz CT molecular complexity index is 1180. The number of tetrazole rings is 1. The zero-order chi connectivity index (χ0) is 17.4. The summed E-state index contributed by atoms with van der Waals surface area (Å²) in [5, 5.41) is 17.7. The Hall–Kier alpha value is -3.37. The molecule has 8 heteroatoms. The summed E-state index contributed by atoms with van der Waals surface area (Å²) in [5.41, 5.74) is 2.03. The number of para-hydroxylation sites is 1. The lowest BCUT2D eigenvalue weighted by atomic mass is 10.2. The number of pyridine rings is 1. The number of benzene rings is 1. The molecule has 1 aromatic carbocycles. The van der Waals surface area contributed by atoms with Crippen LogP contribution in [-0.4, -0.2) is 24.2 Å². The molecule has 0 unspecified atom stereocenters. The van der Waals surface area contributed by atoms with Crippen LogP contribution in [0.1, 0.15) is 11.1 Å². The maximum atomic E-state index is 12.6. The highest BCUT2D eigenvalue weighted by Gasteiger charge is 2.15. The lowest BCUT2D eigenvalue weighted by Crippen LogP contribution is -2.25. The fourth-order valence-corrected chi connectivity index (χ4v) is 2.95. The van der Waals surface area contributed by atoms with Gasteiger partial charge in [0.15, 0.2) is 0 Å². The Kier molecular flexibility index (Phi) is 3.60. The Balaban J connectivity index is 1.78. The maximum Gasteiger partial charge on any atom is 0.368 e. The fraction of sp³-hybridized carbons (Fsp3) is 0.0588. The van der Waals surface area contributed by atoms with Crippen LogP contribution in [0.4, 0.5) is 0 Å². The minimum atomic E-state index is -0.424. The predicted octanol–water partition coefficient (Wildman–Crippen LogP) is 2.26. The lowest BCUT2D eigenvalue weighted by Gasteiger charge is -2.00. The molecule has 0 aliphatic heterocycles. The van der Waals surface area contributed by atoms with Crippen LogP contribution in [0, 0.1) is 11.3 Å². The van der Waals surface area contributed by atoms with Crippen LogP contribution in [0.5, 0.6) is 0 Å². The fourth-order valence-electron chi connectivity index (χ4n) is 2.74. The minimum Gasteiger partial charge on any atom is -0.322 e. The van der Waals surface area contributed by atoms with Gasteiger partial charge in [-0.1, -0.05) is 29.8 Å². The van der Waals surface area contributed by atoms with E-state index in [1.165, 1.54) is 4.68 Å². The Labute approximate surface area is 146 Å². The van der Waals surface area contributed by atoms with Gasteiger partial charge in [0, 0.05) is 18.0 Å². The average molecular weight is 351 g/mol. The number of nitriles is 1. The molecule has 3 aromatic heterocycles. The molecule has 0 amide bonds. The molecule has 0 aliphatic carbocycles. The number of nitrogens with zero attached hydrogens (tertiary/aromatic N) is 6. The van der Waals surface area contributed by atoms with Gasteiger partial charge in [0.25, 0.3) is 0 Å². The Morgan fingerprint density at radius 1 is 1.12 bits per heavy atom. The summed E-state index contributed by atoms with van der Waals surface area (Å²) in [6.45, 7) is 0.147. The largest absolute Gasteiger partial charge is 0.368 e. The first-order chi connectivity index (χ1) is 12.2. The number of halogens is 1. The first-order valence-corrected chi connectivity index (χ1v) is 7.83. The van der Waals surface area contributed by atoms with E-state index in [1.807, 2.05) is 35.0 Å². The van der Waals surface area contributed by atoms with Crippen molar-refractivity contribution in [2.45, 2.75) is 6.54 Å². The van der Waals surface area contributed by atoms with Gasteiger partial charge in [0.2, 0.25) is 0 Å². The molecule has 122 valence electrons. The maximum absolute atomic E-state index is 12.6. The van der Waals surface area contributed by atoms with Gasteiger partial charge in [-0.2, -0.15) is 14.6 Å². The predicted molar refractivity (Wildman–Crippen MR) is 91.8 cm³/mol. The van der Waals surface area contributed by atoms with E-state index in [1.54, 1.807) is 24.3 Å². The molecule has 0 radical (unpaired) electrons. The summed E-state index contributed by atoms with van der Waals surface area (Å²) in [5.74, 6) is 0. The van der Waals surface area contributed by atoms with Gasteiger partial charge >= 0.3 is 5.69 Å². The van der Waals surface area contributed by atoms with Crippen LogP contribution in [0.3, 0.4) is 0 Å². The second-order valence-corrected chi connectivity index (χ2v) is 5.82. The monoisotopic (exact) mass is 350 g/mol. The van der Waals surface area contributed by atoms with Gasteiger partial charge in [0.1, 0.15) is 6.07 Å². The summed E-state index contributed by atoms with van der Waals surface area (Å²) in [6, 6.07) is 14.7. The van der Waals surface area contributed by atoms with E-state index in [2.05, 4.69) is 16.5 Å². The van der Waals surface area contributed by atoms with Gasteiger partial charge < -0.3 is 4.40 Å². The van der Waals surface area contributed by atoms with Crippen LogP contribution < -0.4 is 5.69 Å². The quantitative estimate of drug-likeness (QED) is 0.567. The zero-order valence-corrected chi connectivity index (χ0v) is 13.6. The van der Waals surface area contributed by atoms with E-state index in [-0.39, 0.29) is 6.54 Å². The summed E-state index contributed by atoms with van der Waals surface area (Å²) in [4.78, 5) is 12.6. The van der Waals surface area contributed by atoms with Gasteiger partial charge in [-0.15, -0.1) is 0 Å². The van der Waals surface area contributed by atoms with Gasteiger partial charge in [0.05, 0.1) is 28.3 Å². The Morgan fingerprint density at radius 3 is 2.72 bits per heavy atom. The van der Waals surface area contributed by atoms with Crippen molar-refractivity contribution in [2.24, 2.45) is 0 Å². The molecule has 0 N–H and O–H groups in total. The molecule has 0 spiro atoms. The number of rotatable bonds is 3. The summed E-state index contributed by atoms with van der Waals surface area (Å²) < 4.78 is 4.19. The van der Waals surface area contributed by atoms with Crippen molar-refractivity contribution in [1.82, 2.24) is 24.2 Å². The number of aromatic nitrogens is 5. The van der Waals surface area contributed by atoms with E-state index in [4.69, 9.17) is 11.6 Å². The van der Waals surface area contributed by atoms with Gasteiger partial charge in [-0.25, -0.2) is 4.79 Å². The molecular formula is C17H11ClN6O. The molecule has 4 aromatic rings. The Morgan fingerprint density at radius 2 is 1.92 bits per heavy atom. The molecule has 0 atom stereocenters. The normalized spacial score (nSPS) is 10.9. The molecule has 4 rings (SSSR count). The molecular weight excluding hydrogens is 340 g/mol. The van der Waals surface area contributed by atoms with Crippen molar-refractivity contribution in [3.8, 4) is 11.8 Å². The molecule has 25 heavy (non-hydrogen) atoms. The number of fused-ring (bicyclic) bond motifs is 1. The van der Waals surface area contributed by atoms with Crippen LogP contribution in [0.2, 0.25) is 5.02 Å². The van der Waals surface area contributed by atoms with Crippen molar-refractivity contribution < 1.29 is 0 Å². The van der Waals surface area contributed by atoms with E-state index < -0.39 is 5.69 Å². The topological polar surface area (TPSA) is 80.9 Å². The van der Waals surface area contributed by atoms with Crippen molar-refractivity contribution in [3.05, 3.63) is 81.5 Å². The van der Waals surface area contributed by atoms with E-state index in [9.17, 15) is 10.1 Å². The highest BCUT2D eigenvalue weighted by molar-refractivity contribution is 6.32. The van der Waals surface area contributed by atoms with E-state index in [0.717, 1.165) is 10.2 Å². The second kappa shape index (κ2) is 5.92. The number of hydrogen-bond donors (Lipinski definition) is 0. The summed E-state index contributed by atoms with van der Waals surface area (Å²) >= 11 is 6.12. The molecule has 0 fully saturated rings. The van der Waals surface area contributed by atoms with Crippen LogP contribution in [0.15, 0.2) is 59.7 Å². The van der Waals surface area contributed by atoms with Crippen molar-refractivity contribution in [3.63, 3.8) is 0 Å². The minimum absolute atomic E-state index is 0.147. The third-order valence-corrected chi connectivity index (χ3v) is 4.23. The molecule has 0 saturated carbocycles. The highest BCUT2D eigenvalue weighted by atomic mass is 35.5. The molecule has 0 bridgehead atoms. The third kappa shape index (κ3) is 2.49. The first-order valence-electron chi connectivity index (χ1n) is 7.45. The summed E-state index contributed by atoms with van der Waals surface area (Å²) in [6.07, 6.45) is 3.66. The molecule has 7 nitrogen and oxygen atoms in total. The SMILES string of the molecule is N#Cc1c(Cn2nnn(-c3ccccc3Cl)c2=O)cn2ccccc12. The van der Waals surface area contributed by atoms with Crippen molar-refractivity contribution >= 4 is 17.1 Å². The lowest BCUT2D eigenvalue weighted by molar-refractivity contribution is 0.631. The second-order valence-electron chi connectivity index (χ2n) is 5.42. The van der Waals surface area contributed by atoms with Gasteiger partial charge in [-0.05, 0) is 34.7 Å². The molecule has 3 heterocycles. The van der Waals surface area contributed by atoms with E-state index >= 15 is 0 Å². The standard InChI is InChI=1S/C17H11ClN6O/c18-14-5-1-2-7-16(14)24-17(25)23(20-21-24)11-12-10-22-8-4-3-6-15(22)13(12)9-19/h1-8,10H,11H2. The first kappa shape index (κ1) is 15.2. The molecule has 0 aliphatic rings. The van der Waals surface area contributed by atoms with Crippen molar-refractivity contribution in [2.75, 3.05) is 0 Å². The van der Waals surface area contributed by atoms with Crippen LogP contribution in [-0.2, 0) is 6.54 Å². The molecule has 0 saturated heterocycles. The van der Waals surface area contributed by atoms with Crippen LogP contribution >= 0.6 is 11.6 Å². The highest BCUT2D eigenvalue weighted by Crippen LogP contribution is 2.19. The average Bonchev–Trinajstić information content (AvgIpc) is 3.16. The van der Waals surface area contributed by atoms with Crippen molar-refractivity contribution in [1.29, 1.82) is 5.26 Å². The third-order valence-electron chi connectivity index (χ3n) is 3.91. The van der Waals surface area contributed by atoms with Crippen LogP contribution in [0.25, 0.3) is 11.2 Å². The van der Waals surface area contributed by atoms with Gasteiger partial charge in [-0.3, -0.25) is 0 Å². The van der Waals surface area contributed by atoms with E-state index in [0.29, 0.717) is 21.8 Å². The summed E-state index contributed by atoms with van der Waals surface area (Å²) in [7, 11) is 0. The number of hydrogen-bond acceptors (Lipinski definition) is 4. The smallest absolute Gasteiger partial charge is 0.322 e. The zero-order valence-electron chi connectivity index (χ0n) is 12.9.